The van der Waals surface area contributed by atoms with Gasteiger partial charge in [-0.1, -0.05) is 0 Å². The third kappa shape index (κ3) is 4.26. The molecule has 0 N–H and O–H groups in total. The summed E-state index contributed by atoms with van der Waals surface area (Å²) in [6.07, 6.45) is 2.92. The molecule has 0 saturated heterocycles. The molecule has 0 bridgehead atoms. The Bertz CT molecular complexity index is 1090. The van der Waals surface area contributed by atoms with E-state index in [1.54, 1.807) is 56.5 Å². The van der Waals surface area contributed by atoms with E-state index in [0.29, 0.717) is 34.8 Å². The zero-order valence-electron chi connectivity index (χ0n) is 19.0. The van der Waals surface area contributed by atoms with Crippen LogP contribution in [0.25, 0.3) is 0 Å². The fourth-order valence-electron chi connectivity index (χ4n) is 3.96. The summed E-state index contributed by atoms with van der Waals surface area (Å²) < 4.78 is 17.7. The first-order valence-electron chi connectivity index (χ1n) is 10.6. The number of esters is 1. The second-order valence-corrected chi connectivity index (χ2v) is 7.43. The first kappa shape index (κ1) is 23.1. The lowest BCUT2D eigenvalue weighted by molar-refractivity contribution is 0.0512. The van der Waals surface area contributed by atoms with Crippen molar-refractivity contribution in [3.63, 3.8) is 0 Å². The number of hydrogen-bond donors (Lipinski definition) is 0. The quantitative estimate of drug-likeness (QED) is 0.361. The lowest BCUT2D eigenvalue weighted by Gasteiger charge is -2.27. The molecule has 3 aromatic heterocycles. The highest BCUT2D eigenvalue weighted by Gasteiger charge is 2.34. The molecular weight excluding hydrogens is 412 g/mol. The van der Waals surface area contributed by atoms with Crippen LogP contribution in [0, 0.1) is 13.8 Å². The van der Waals surface area contributed by atoms with Crippen LogP contribution in [0.5, 0.6) is 0 Å². The Hall–Kier alpha value is -3.55. The molecule has 0 spiro atoms. The van der Waals surface area contributed by atoms with Crippen LogP contribution in [0.4, 0.5) is 0 Å². The summed E-state index contributed by atoms with van der Waals surface area (Å²) in [4.78, 5) is 40.8. The number of nitrogens with zero attached hydrogens (tertiary/aromatic N) is 2. The number of hydrogen-bond acceptors (Lipinski definition) is 6. The van der Waals surface area contributed by atoms with E-state index in [-0.39, 0.29) is 24.7 Å². The van der Waals surface area contributed by atoms with Gasteiger partial charge in [0.1, 0.15) is 11.5 Å². The van der Waals surface area contributed by atoms with Crippen molar-refractivity contribution in [1.82, 2.24) is 9.47 Å². The predicted molar refractivity (Wildman–Crippen MR) is 117 cm³/mol. The molecule has 8 nitrogen and oxygen atoms in total. The van der Waals surface area contributed by atoms with E-state index in [1.165, 1.54) is 17.4 Å². The van der Waals surface area contributed by atoms with Crippen molar-refractivity contribution >= 4 is 17.7 Å². The van der Waals surface area contributed by atoms with Crippen LogP contribution in [-0.4, -0.2) is 39.8 Å². The average Bonchev–Trinajstić information content (AvgIpc) is 3.52. The minimum atomic E-state index is -0.835. The molecule has 0 saturated carbocycles. The van der Waals surface area contributed by atoms with Gasteiger partial charge in [0.15, 0.2) is 11.5 Å². The van der Waals surface area contributed by atoms with Crippen LogP contribution in [0.15, 0.2) is 45.6 Å². The van der Waals surface area contributed by atoms with Crippen molar-refractivity contribution in [2.24, 2.45) is 0 Å². The Labute approximate surface area is 186 Å². The second-order valence-electron chi connectivity index (χ2n) is 7.43. The van der Waals surface area contributed by atoms with E-state index < -0.39 is 17.9 Å². The smallest absolute Gasteiger partial charge is 0.355 e. The summed E-state index contributed by atoms with van der Waals surface area (Å²) >= 11 is 0. The monoisotopic (exact) mass is 440 g/mol. The molecule has 1 atom stereocenters. The van der Waals surface area contributed by atoms with E-state index >= 15 is 0 Å². The van der Waals surface area contributed by atoms with Gasteiger partial charge in [-0.15, -0.1) is 0 Å². The van der Waals surface area contributed by atoms with Crippen LogP contribution in [0.3, 0.4) is 0 Å². The number of Topliss-reactive ketones (excluding diaryl/α,β-unsaturated/α-hetero) is 1. The Morgan fingerprint density at radius 1 is 1.09 bits per heavy atom. The van der Waals surface area contributed by atoms with Crippen LogP contribution < -0.4 is 0 Å². The SMILES string of the molecule is CCOC(=O)c1c(C)c(C(=O)C(C)N(Cc2ccco2)C(=O)c2ccco2)c(C)n1CC. The summed E-state index contributed by atoms with van der Waals surface area (Å²) in [5.74, 6) is -0.507. The molecule has 1 amide bonds. The number of rotatable bonds is 9. The standard InChI is InChI=1S/C24H28N2O6/c1-6-25-16(4)20(15(3)21(25)24(29)30-7-2)22(27)17(5)26(14-18-10-8-12-31-18)23(28)19-11-9-13-32-19/h8-13,17H,6-7,14H2,1-5H3. The molecule has 3 rings (SSSR count). The highest BCUT2D eigenvalue weighted by Crippen LogP contribution is 2.27. The van der Waals surface area contributed by atoms with E-state index in [4.69, 9.17) is 13.6 Å². The Morgan fingerprint density at radius 2 is 1.78 bits per heavy atom. The van der Waals surface area contributed by atoms with Gasteiger partial charge in [-0.2, -0.15) is 0 Å². The normalized spacial score (nSPS) is 11.9. The van der Waals surface area contributed by atoms with Gasteiger partial charge < -0.3 is 23.0 Å². The number of furan rings is 2. The summed E-state index contributed by atoms with van der Waals surface area (Å²) in [6, 6.07) is 5.79. The van der Waals surface area contributed by atoms with Gasteiger partial charge in [-0.3, -0.25) is 9.59 Å². The van der Waals surface area contributed by atoms with Gasteiger partial charge in [-0.05, 0) is 64.4 Å². The van der Waals surface area contributed by atoms with E-state index in [1.807, 2.05) is 6.92 Å². The third-order valence-corrected chi connectivity index (χ3v) is 5.54. The van der Waals surface area contributed by atoms with Crippen molar-refractivity contribution in [1.29, 1.82) is 0 Å². The van der Waals surface area contributed by atoms with Crippen LogP contribution >= 0.6 is 0 Å². The van der Waals surface area contributed by atoms with Crippen LogP contribution in [0.1, 0.15) is 69.2 Å². The number of ether oxygens (including phenoxy) is 1. The Kier molecular flexibility index (Phi) is 7.02. The predicted octanol–water partition coefficient (Wildman–Crippen LogP) is 4.40. The number of carbonyl (C=O) groups is 3. The zero-order chi connectivity index (χ0) is 23.4. The first-order chi connectivity index (χ1) is 15.3. The van der Waals surface area contributed by atoms with Crippen molar-refractivity contribution in [3.8, 4) is 0 Å². The van der Waals surface area contributed by atoms with Gasteiger partial charge in [0.2, 0.25) is 0 Å². The van der Waals surface area contributed by atoms with Crippen molar-refractivity contribution in [2.75, 3.05) is 6.61 Å². The van der Waals surface area contributed by atoms with E-state index in [2.05, 4.69) is 0 Å². The molecule has 3 heterocycles. The van der Waals surface area contributed by atoms with Gasteiger partial charge in [0.05, 0.1) is 31.7 Å². The molecule has 1 unspecified atom stereocenters. The molecule has 3 aromatic rings. The van der Waals surface area contributed by atoms with Crippen molar-refractivity contribution in [3.05, 3.63) is 70.8 Å². The molecule has 0 aromatic carbocycles. The van der Waals surface area contributed by atoms with Crippen LogP contribution in [0.2, 0.25) is 0 Å². The summed E-state index contributed by atoms with van der Waals surface area (Å²) in [5.41, 5.74) is 1.98. The Balaban J connectivity index is 2.02. The summed E-state index contributed by atoms with van der Waals surface area (Å²) in [5, 5.41) is 0. The van der Waals surface area contributed by atoms with E-state index in [9.17, 15) is 14.4 Å². The average molecular weight is 440 g/mol. The topological polar surface area (TPSA) is 94.9 Å². The lowest BCUT2D eigenvalue weighted by atomic mass is 9.99. The maximum atomic E-state index is 13.7. The number of carbonyl (C=O) groups excluding carboxylic acids is 3. The molecule has 0 aliphatic heterocycles. The van der Waals surface area contributed by atoms with Gasteiger partial charge in [0, 0.05) is 17.8 Å². The highest BCUT2D eigenvalue weighted by molar-refractivity contribution is 6.07. The highest BCUT2D eigenvalue weighted by atomic mass is 16.5. The third-order valence-electron chi connectivity index (χ3n) is 5.54. The second kappa shape index (κ2) is 9.72. The largest absolute Gasteiger partial charge is 0.467 e. The Morgan fingerprint density at radius 3 is 2.34 bits per heavy atom. The molecule has 8 heteroatoms. The van der Waals surface area contributed by atoms with Gasteiger partial charge in [0.25, 0.3) is 5.91 Å². The number of ketones is 1. The van der Waals surface area contributed by atoms with Gasteiger partial charge >= 0.3 is 5.97 Å². The first-order valence-corrected chi connectivity index (χ1v) is 10.6. The van der Waals surface area contributed by atoms with Crippen LogP contribution in [-0.2, 0) is 17.8 Å². The maximum absolute atomic E-state index is 13.7. The van der Waals surface area contributed by atoms with E-state index in [0.717, 1.165) is 0 Å². The number of amides is 1. The fraction of sp³-hybridized carbons (Fsp3) is 0.375. The zero-order valence-corrected chi connectivity index (χ0v) is 19.0. The fourth-order valence-corrected chi connectivity index (χ4v) is 3.96. The molecule has 0 aliphatic carbocycles. The summed E-state index contributed by atoms with van der Waals surface area (Å²) in [6.45, 7) is 9.66. The lowest BCUT2D eigenvalue weighted by Crippen LogP contribution is -2.43. The minimum absolute atomic E-state index is 0.0940. The maximum Gasteiger partial charge on any atom is 0.355 e. The van der Waals surface area contributed by atoms with Gasteiger partial charge in [-0.25, -0.2) is 4.79 Å². The van der Waals surface area contributed by atoms with Crippen molar-refractivity contribution in [2.45, 2.75) is 53.8 Å². The number of aromatic nitrogens is 1. The molecule has 0 aliphatic rings. The molecular formula is C24H28N2O6. The molecule has 0 fully saturated rings. The molecule has 32 heavy (non-hydrogen) atoms. The molecule has 0 radical (unpaired) electrons. The summed E-state index contributed by atoms with van der Waals surface area (Å²) in [7, 11) is 0. The molecule has 170 valence electrons. The van der Waals surface area contributed by atoms with Crippen molar-refractivity contribution < 1.29 is 28.0 Å². The minimum Gasteiger partial charge on any atom is -0.467 e.